The second-order valence-electron chi connectivity index (χ2n) is 8.94. The zero-order valence-electron chi connectivity index (χ0n) is 21.7. The summed E-state index contributed by atoms with van der Waals surface area (Å²) in [5, 5.41) is 30.6. The highest BCUT2D eigenvalue weighted by molar-refractivity contribution is 5.72. The predicted molar refractivity (Wildman–Crippen MR) is 150 cm³/mol. The lowest BCUT2D eigenvalue weighted by Crippen LogP contribution is -2.07. The van der Waals surface area contributed by atoms with Gasteiger partial charge in [-0.3, -0.25) is 0 Å². The van der Waals surface area contributed by atoms with Gasteiger partial charge in [0.05, 0.1) is 21.3 Å². The molecule has 1 atom stereocenters. The summed E-state index contributed by atoms with van der Waals surface area (Å²) in [4.78, 5) is 0. The van der Waals surface area contributed by atoms with Gasteiger partial charge in [-0.05, 0) is 77.6 Å². The molecule has 4 aromatic carbocycles. The molecule has 3 N–H and O–H groups in total. The molecule has 0 saturated heterocycles. The van der Waals surface area contributed by atoms with E-state index in [1.165, 1.54) is 0 Å². The van der Waals surface area contributed by atoms with Crippen molar-refractivity contribution >= 4 is 12.2 Å². The van der Waals surface area contributed by atoms with Crippen LogP contribution in [0.2, 0.25) is 0 Å². The van der Waals surface area contributed by atoms with Crippen LogP contribution in [0.5, 0.6) is 34.5 Å². The van der Waals surface area contributed by atoms with E-state index in [4.69, 9.17) is 14.2 Å². The van der Waals surface area contributed by atoms with E-state index in [-0.39, 0.29) is 23.2 Å². The van der Waals surface area contributed by atoms with Gasteiger partial charge in [0.1, 0.15) is 34.5 Å². The Morgan fingerprint density at radius 3 is 1.97 bits per heavy atom. The molecular weight excluding hydrogens is 480 g/mol. The number of rotatable bonds is 10. The summed E-state index contributed by atoms with van der Waals surface area (Å²) in [6, 6.07) is 23.4. The summed E-state index contributed by atoms with van der Waals surface area (Å²) in [6.45, 7) is 0. The minimum Gasteiger partial charge on any atom is -0.508 e. The van der Waals surface area contributed by atoms with Crippen LogP contribution in [0.3, 0.4) is 0 Å². The Morgan fingerprint density at radius 2 is 1.32 bits per heavy atom. The number of phenols is 3. The van der Waals surface area contributed by atoms with Crippen molar-refractivity contribution in [3.8, 4) is 34.5 Å². The standard InChI is InChI=1S/C32H32O6/c1-36-27-15-9-23(10-16-27)28(17-11-24-8-14-26(34)20-30(24)37-2)32-29(35)18-22(19-31(32)38-3)5-4-21-6-12-25(33)13-7-21/h4-10,12-16,18-20,28,33-35H,11,17H2,1-3H3/b5-4+. The number of hydrogen-bond acceptors (Lipinski definition) is 6. The first kappa shape index (κ1) is 26.5. The van der Waals surface area contributed by atoms with E-state index < -0.39 is 0 Å². The topological polar surface area (TPSA) is 88.4 Å². The van der Waals surface area contributed by atoms with Crippen molar-refractivity contribution < 1.29 is 29.5 Å². The monoisotopic (exact) mass is 512 g/mol. The SMILES string of the molecule is COc1ccc(C(CCc2ccc(O)cc2OC)c2c(O)cc(/C=C/c3ccc(O)cc3)cc2OC)cc1. The zero-order chi connectivity index (χ0) is 27.1. The maximum atomic E-state index is 11.3. The largest absolute Gasteiger partial charge is 0.508 e. The lowest BCUT2D eigenvalue weighted by Gasteiger charge is -2.23. The van der Waals surface area contributed by atoms with Crippen molar-refractivity contribution in [3.05, 3.63) is 107 Å². The Balaban J connectivity index is 1.71. The van der Waals surface area contributed by atoms with Crippen LogP contribution in [0, 0.1) is 0 Å². The van der Waals surface area contributed by atoms with E-state index in [1.807, 2.05) is 60.7 Å². The van der Waals surface area contributed by atoms with Crippen molar-refractivity contribution in [3.63, 3.8) is 0 Å². The number of benzene rings is 4. The first-order chi connectivity index (χ1) is 18.4. The smallest absolute Gasteiger partial charge is 0.126 e. The van der Waals surface area contributed by atoms with E-state index in [1.54, 1.807) is 51.7 Å². The number of aromatic hydroxyl groups is 3. The van der Waals surface area contributed by atoms with E-state index in [2.05, 4.69) is 0 Å². The van der Waals surface area contributed by atoms with E-state index in [0.29, 0.717) is 29.9 Å². The second kappa shape index (κ2) is 12.1. The Bertz CT molecular complexity index is 1390. The van der Waals surface area contributed by atoms with Crippen LogP contribution in [-0.4, -0.2) is 36.6 Å². The molecule has 0 bridgehead atoms. The van der Waals surface area contributed by atoms with Crippen molar-refractivity contribution in [1.82, 2.24) is 0 Å². The van der Waals surface area contributed by atoms with E-state index in [0.717, 1.165) is 28.0 Å². The molecule has 0 aliphatic carbocycles. The third-order valence-electron chi connectivity index (χ3n) is 6.56. The van der Waals surface area contributed by atoms with Crippen LogP contribution in [0.4, 0.5) is 0 Å². The van der Waals surface area contributed by atoms with Crippen molar-refractivity contribution in [1.29, 1.82) is 0 Å². The maximum Gasteiger partial charge on any atom is 0.126 e. The van der Waals surface area contributed by atoms with Gasteiger partial charge in [0.15, 0.2) is 0 Å². The first-order valence-corrected chi connectivity index (χ1v) is 12.3. The fourth-order valence-corrected chi connectivity index (χ4v) is 4.58. The van der Waals surface area contributed by atoms with Crippen LogP contribution in [-0.2, 0) is 6.42 Å². The number of aryl methyl sites for hydroxylation is 1. The second-order valence-corrected chi connectivity index (χ2v) is 8.94. The molecule has 1 unspecified atom stereocenters. The zero-order valence-corrected chi connectivity index (χ0v) is 21.7. The molecule has 0 aliphatic rings. The van der Waals surface area contributed by atoms with E-state index in [9.17, 15) is 15.3 Å². The summed E-state index contributed by atoms with van der Waals surface area (Å²) in [5.41, 5.74) is 4.35. The molecule has 4 aromatic rings. The Kier molecular flexibility index (Phi) is 8.44. The van der Waals surface area contributed by atoms with Gasteiger partial charge in [0.2, 0.25) is 0 Å². The first-order valence-electron chi connectivity index (χ1n) is 12.3. The normalized spacial score (nSPS) is 11.9. The highest BCUT2D eigenvalue weighted by atomic mass is 16.5. The lowest BCUT2D eigenvalue weighted by molar-refractivity contribution is 0.393. The molecule has 6 heteroatoms. The lowest BCUT2D eigenvalue weighted by atomic mass is 9.84. The molecule has 0 fully saturated rings. The fraction of sp³-hybridized carbons (Fsp3) is 0.188. The average Bonchev–Trinajstić information content (AvgIpc) is 2.94. The van der Waals surface area contributed by atoms with Gasteiger partial charge in [0, 0.05) is 17.5 Å². The van der Waals surface area contributed by atoms with Crippen LogP contribution < -0.4 is 14.2 Å². The summed E-state index contributed by atoms with van der Waals surface area (Å²) in [5.74, 6) is 2.24. The summed E-state index contributed by atoms with van der Waals surface area (Å²) < 4.78 is 16.6. The maximum absolute atomic E-state index is 11.3. The summed E-state index contributed by atoms with van der Waals surface area (Å²) >= 11 is 0. The number of methoxy groups -OCH3 is 3. The van der Waals surface area contributed by atoms with Gasteiger partial charge in [-0.1, -0.05) is 42.5 Å². The molecule has 0 saturated carbocycles. The van der Waals surface area contributed by atoms with Gasteiger partial charge in [-0.2, -0.15) is 0 Å². The van der Waals surface area contributed by atoms with E-state index >= 15 is 0 Å². The van der Waals surface area contributed by atoms with Gasteiger partial charge < -0.3 is 29.5 Å². The molecule has 0 spiro atoms. The summed E-state index contributed by atoms with van der Waals surface area (Å²) in [7, 11) is 4.81. The molecular formula is C32H32O6. The summed E-state index contributed by atoms with van der Waals surface area (Å²) in [6.07, 6.45) is 5.10. The molecule has 196 valence electrons. The molecule has 38 heavy (non-hydrogen) atoms. The molecule has 4 rings (SSSR count). The van der Waals surface area contributed by atoms with Gasteiger partial charge >= 0.3 is 0 Å². The third-order valence-corrected chi connectivity index (χ3v) is 6.56. The molecule has 0 aromatic heterocycles. The van der Waals surface area contributed by atoms with Crippen LogP contribution in [0.1, 0.15) is 40.2 Å². The van der Waals surface area contributed by atoms with Gasteiger partial charge in [0.25, 0.3) is 0 Å². The Labute approximate surface area is 223 Å². The van der Waals surface area contributed by atoms with Crippen LogP contribution in [0.25, 0.3) is 12.2 Å². The average molecular weight is 513 g/mol. The van der Waals surface area contributed by atoms with Crippen molar-refractivity contribution in [2.45, 2.75) is 18.8 Å². The molecule has 0 aliphatic heterocycles. The van der Waals surface area contributed by atoms with Crippen molar-refractivity contribution in [2.24, 2.45) is 0 Å². The number of phenolic OH excluding ortho intramolecular Hbond substituents is 3. The van der Waals surface area contributed by atoms with Crippen molar-refractivity contribution in [2.75, 3.05) is 21.3 Å². The minimum absolute atomic E-state index is 0.133. The van der Waals surface area contributed by atoms with Gasteiger partial charge in [-0.15, -0.1) is 0 Å². The minimum atomic E-state index is -0.190. The molecule has 0 radical (unpaired) electrons. The highest BCUT2D eigenvalue weighted by Crippen LogP contribution is 2.43. The highest BCUT2D eigenvalue weighted by Gasteiger charge is 2.24. The predicted octanol–water partition coefficient (Wildman–Crippen LogP) is 6.76. The number of hydrogen-bond donors (Lipinski definition) is 3. The van der Waals surface area contributed by atoms with Crippen LogP contribution in [0.15, 0.2) is 78.9 Å². The quantitative estimate of drug-likeness (QED) is 0.203. The Morgan fingerprint density at radius 1 is 0.658 bits per heavy atom. The fourth-order valence-electron chi connectivity index (χ4n) is 4.58. The molecule has 0 amide bonds. The third kappa shape index (κ3) is 6.21. The van der Waals surface area contributed by atoms with Gasteiger partial charge in [-0.25, -0.2) is 0 Å². The number of ether oxygens (including phenoxy) is 3. The molecule has 6 nitrogen and oxygen atoms in total. The molecule has 0 heterocycles. The van der Waals surface area contributed by atoms with Crippen LogP contribution >= 0.6 is 0 Å². The Hall–Kier alpha value is -4.58.